The highest BCUT2D eigenvalue weighted by Crippen LogP contribution is 2.11. The van der Waals surface area contributed by atoms with E-state index in [1.165, 1.54) is 30.3 Å². The molecule has 0 fully saturated rings. The summed E-state index contributed by atoms with van der Waals surface area (Å²) in [4.78, 5) is 1.98. The molecule has 0 nitrogen and oxygen atoms in total. The second kappa shape index (κ2) is 29.8. The smallest absolute Gasteiger partial charge is 0.136 e. The average molecular weight is 741 g/mol. The van der Waals surface area contributed by atoms with E-state index in [2.05, 4.69) is 63.1 Å². The first-order chi connectivity index (χ1) is 19.0. The van der Waals surface area contributed by atoms with Gasteiger partial charge in [0.05, 0.1) is 0 Å². The van der Waals surface area contributed by atoms with Crippen LogP contribution in [0.1, 0.15) is 0 Å². The third-order valence-electron chi connectivity index (χ3n) is 4.26. The lowest BCUT2D eigenvalue weighted by Gasteiger charge is -1.88. The zero-order chi connectivity index (χ0) is 29.9. The highest BCUT2D eigenvalue weighted by Gasteiger charge is 1.92. The van der Waals surface area contributed by atoms with Crippen molar-refractivity contribution < 1.29 is 45.5 Å². The van der Waals surface area contributed by atoms with E-state index in [-0.39, 0.29) is 52.6 Å². The van der Waals surface area contributed by atoms with Gasteiger partial charge in [0, 0.05) is 24.5 Å². The fourth-order valence-corrected chi connectivity index (χ4v) is 3.06. The van der Waals surface area contributed by atoms with Gasteiger partial charge < -0.3 is 0 Å². The first-order valence-corrected chi connectivity index (χ1v) is 13.4. The van der Waals surface area contributed by atoms with Gasteiger partial charge in [0.25, 0.3) is 0 Å². The summed E-state index contributed by atoms with van der Waals surface area (Å²) in [6.07, 6.45) is 0. The molecule has 0 saturated carbocycles. The molecule has 5 rings (SSSR count). The molecule has 0 unspecified atom stereocenters. The van der Waals surface area contributed by atoms with Crippen LogP contribution in [-0.4, -0.2) is 0 Å². The molecule has 0 bridgehead atoms. The van der Waals surface area contributed by atoms with Gasteiger partial charge in [-0.3, -0.25) is 23.5 Å². The lowest BCUT2D eigenvalue weighted by Crippen LogP contribution is -1.71. The molecule has 0 aliphatic carbocycles. The van der Waals surface area contributed by atoms with Crippen molar-refractivity contribution in [3.8, 4) is 0 Å². The molecule has 0 heterocycles. The van der Waals surface area contributed by atoms with Crippen LogP contribution in [0.25, 0.3) is 0 Å². The van der Waals surface area contributed by atoms with Crippen LogP contribution in [0.3, 0.4) is 0 Å². The third-order valence-corrected chi connectivity index (χ3v) is 6.08. The SMILES string of the molecule is F.F.F.F.F.Fc1ccccc1S.Fc1ccccc1S.Fc1ccccc1S.Fc1ccccc1S.Fc1ccccc1S. The van der Waals surface area contributed by atoms with Crippen LogP contribution >= 0.6 is 63.1 Å². The van der Waals surface area contributed by atoms with E-state index < -0.39 is 0 Å². The largest absolute Gasteiger partial charge is 0.269 e. The maximum atomic E-state index is 12.2. The molecule has 0 aliphatic heterocycles. The standard InChI is InChI=1S/5C6H5FS.5FH/c5*7-5-3-1-2-4-6(5)8;;;;;/h5*1-4,8H;5*1H. The Labute approximate surface area is 282 Å². The minimum absolute atomic E-state index is 0. The summed E-state index contributed by atoms with van der Waals surface area (Å²) < 4.78 is 61.2. The quantitative estimate of drug-likeness (QED) is 0.0758. The Balaban J connectivity index is -0.000000144. The first kappa shape index (κ1) is 51.7. The average Bonchev–Trinajstić information content (AvgIpc) is 2.94. The van der Waals surface area contributed by atoms with Crippen LogP contribution in [-0.2, 0) is 0 Å². The Morgan fingerprint density at radius 1 is 0.244 bits per heavy atom. The van der Waals surface area contributed by atoms with Crippen LogP contribution in [0.4, 0.5) is 45.5 Å². The van der Waals surface area contributed by atoms with E-state index in [4.69, 9.17) is 0 Å². The van der Waals surface area contributed by atoms with Crippen LogP contribution in [0.2, 0.25) is 0 Å². The van der Waals surface area contributed by atoms with Crippen molar-refractivity contribution in [1.29, 1.82) is 0 Å². The summed E-state index contributed by atoms with van der Waals surface area (Å²) in [6, 6.07) is 31.8. The first-order valence-electron chi connectivity index (χ1n) is 11.2. The number of hydrogen-bond donors (Lipinski definition) is 5. The topological polar surface area (TPSA) is 0 Å². The predicted octanol–water partition coefficient (Wildman–Crippen LogP) is 11.3. The second-order valence-corrected chi connectivity index (χ2v) is 9.67. The molecule has 0 N–H and O–H groups in total. The summed E-state index contributed by atoms with van der Waals surface area (Å²) >= 11 is 19.1. The van der Waals surface area contributed by atoms with Crippen molar-refractivity contribution in [1.82, 2.24) is 0 Å². The number of benzene rings is 5. The Morgan fingerprint density at radius 2 is 0.356 bits per heavy atom. The van der Waals surface area contributed by atoms with Crippen molar-refractivity contribution >= 4 is 63.1 Å². The van der Waals surface area contributed by atoms with Gasteiger partial charge >= 0.3 is 0 Å². The Hall–Kier alpha value is -2.85. The van der Waals surface area contributed by atoms with E-state index >= 15 is 0 Å². The minimum Gasteiger partial charge on any atom is -0.269 e. The van der Waals surface area contributed by atoms with Gasteiger partial charge in [-0.1, -0.05) is 60.7 Å². The van der Waals surface area contributed by atoms with Gasteiger partial charge in [0.1, 0.15) is 29.1 Å². The molecule has 15 heteroatoms. The van der Waals surface area contributed by atoms with E-state index in [1.807, 2.05) is 0 Å². The molecule has 0 amide bonds. The minimum atomic E-state index is -0.268. The Kier molecular flexibility index (Phi) is 34.3. The normalized spacial score (nSPS) is 8.22. The monoisotopic (exact) mass is 740 g/mol. The number of halogens is 10. The lowest BCUT2D eigenvalue weighted by molar-refractivity contribution is 0.602. The summed E-state index contributed by atoms with van der Waals surface area (Å²) in [5, 5.41) is 0. The predicted molar refractivity (Wildman–Crippen MR) is 181 cm³/mol. The van der Waals surface area contributed by atoms with Gasteiger partial charge in [-0.05, 0) is 60.7 Å². The van der Waals surface area contributed by atoms with Gasteiger partial charge in [-0.25, -0.2) is 22.0 Å². The molecule has 0 aliphatic rings. The van der Waals surface area contributed by atoms with Crippen LogP contribution in [0.15, 0.2) is 146 Å². The van der Waals surface area contributed by atoms with Crippen molar-refractivity contribution in [2.24, 2.45) is 0 Å². The van der Waals surface area contributed by atoms with Crippen LogP contribution in [0, 0.1) is 29.1 Å². The van der Waals surface area contributed by atoms with E-state index in [1.54, 1.807) is 91.0 Å². The lowest BCUT2D eigenvalue weighted by atomic mass is 10.4. The maximum Gasteiger partial charge on any atom is 0.136 e. The maximum absolute atomic E-state index is 12.2. The highest BCUT2D eigenvalue weighted by atomic mass is 32.1. The molecular weight excluding hydrogens is 711 g/mol. The van der Waals surface area contributed by atoms with Crippen molar-refractivity contribution in [3.05, 3.63) is 150 Å². The third kappa shape index (κ3) is 23.2. The molecule has 0 radical (unpaired) electrons. The zero-order valence-electron chi connectivity index (χ0n) is 22.7. The van der Waals surface area contributed by atoms with Gasteiger partial charge in [0.2, 0.25) is 0 Å². The summed E-state index contributed by atoms with van der Waals surface area (Å²) in [6.45, 7) is 0. The fraction of sp³-hybridized carbons (Fsp3) is 0. The highest BCUT2D eigenvalue weighted by molar-refractivity contribution is 7.81. The molecule has 5 aromatic carbocycles. The van der Waals surface area contributed by atoms with Gasteiger partial charge in [-0.2, -0.15) is 0 Å². The Bertz CT molecular complexity index is 1090. The van der Waals surface area contributed by atoms with Crippen molar-refractivity contribution in [2.45, 2.75) is 24.5 Å². The summed E-state index contributed by atoms with van der Waals surface area (Å²) in [7, 11) is 0. The molecule has 5 aromatic rings. The summed E-state index contributed by atoms with van der Waals surface area (Å²) in [5.74, 6) is -1.34. The summed E-state index contributed by atoms with van der Waals surface area (Å²) in [5.41, 5.74) is 0. The van der Waals surface area contributed by atoms with E-state index in [0.717, 1.165) is 0 Å². The number of hydrogen-bond acceptors (Lipinski definition) is 5. The number of thiol groups is 5. The van der Waals surface area contributed by atoms with Gasteiger partial charge in [0.15, 0.2) is 0 Å². The molecule has 0 atom stereocenters. The second-order valence-electron chi connectivity index (χ2n) is 7.26. The molecular formula is C30H30F10S5. The van der Waals surface area contributed by atoms with Crippen LogP contribution in [0.5, 0.6) is 0 Å². The molecule has 0 saturated heterocycles. The molecule has 45 heavy (non-hydrogen) atoms. The molecule has 250 valence electrons. The fourth-order valence-electron chi connectivity index (χ4n) is 2.26. The molecule has 0 spiro atoms. The zero-order valence-corrected chi connectivity index (χ0v) is 27.2. The van der Waals surface area contributed by atoms with Crippen molar-refractivity contribution in [3.63, 3.8) is 0 Å². The van der Waals surface area contributed by atoms with Crippen molar-refractivity contribution in [2.75, 3.05) is 0 Å². The van der Waals surface area contributed by atoms with Gasteiger partial charge in [-0.15, -0.1) is 63.1 Å². The van der Waals surface area contributed by atoms with E-state index in [9.17, 15) is 22.0 Å². The molecule has 0 aromatic heterocycles. The van der Waals surface area contributed by atoms with E-state index in [0.29, 0.717) is 24.5 Å². The number of rotatable bonds is 0. The Morgan fingerprint density at radius 3 is 0.422 bits per heavy atom. The van der Waals surface area contributed by atoms with Crippen LogP contribution < -0.4 is 0 Å².